The van der Waals surface area contributed by atoms with E-state index in [-0.39, 0.29) is 5.38 Å². The summed E-state index contributed by atoms with van der Waals surface area (Å²) in [6, 6.07) is 42.6. The van der Waals surface area contributed by atoms with Crippen LogP contribution in [0.15, 0.2) is 121 Å². The Kier molecular flexibility index (Phi) is 7.44. The molecule has 0 aliphatic rings. The van der Waals surface area contributed by atoms with E-state index in [9.17, 15) is 0 Å². The standard InChI is InChI=1S/C37H31ClO2/c1-39-31-19-11-25(12-20-31)23-29-17-15-27-7-3-5-9-33(27)35(29)37(38)36-30(18-16-28-8-4-6-10-34(28)36)24-26-13-21-32(40-2)22-14-26/h3-22,37H,23-24H2,1-2H3. The van der Waals surface area contributed by atoms with Crippen molar-refractivity contribution in [3.63, 3.8) is 0 Å². The Hall–Kier alpha value is -4.27. The number of benzene rings is 6. The van der Waals surface area contributed by atoms with E-state index < -0.39 is 0 Å². The summed E-state index contributed by atoms with van der Waals surface area (Å²) in [5.41, 5.74) is 7.24. The molecule has 0 saturated carbocycles. The van der Waals surface area contributed by atoms with Crippen molar-refractivity contribution >= 4 is 33.1 Å². The molecule has 0 saturated heterocycles. The number of alkyl halides is 1. The van der Waals surface area contributed by atoms with Crippen LogP contribution in [0.4, 0.5) is 0 Å². The van der Waals surface area contributed by atoms with E-state index in [0.717, 1.165) is 24.3 Å². The molecule has 2 nitrogen and oxygen atoms in total. The Bertz CT molecular complexity index is 1640. The highest BCUT2D eigenvalue weighted by molar-refractivity contribution is 6.25. The lowest BCUT2D eigenvalue weighted by Gasteiger charge is -2.23. The van der Waals surface area contributed by atoms with Gasteiger partial charge in [-0.05, 0) is 92.0 Å². The van der Waals surface area contributed by atoms with Crippen molar-refractivity contribution in [2.45, 2.75) is 18.2 Å². The lowest BCUT2D eigenvalue weighted by Crippen LogP contribution is -2.06. The van der Waals surface area contributed by atoms with Crippen LogP contribution in [-0.4, -0.2) is 14.2 Å². The zero-order valence-corrected chi connectivity index (χ0v) is 23.5. The second kappa shape index (κ2) is 11.5. The first kappa shape index (κ1) is 26.0. The molecule has 6 aromatic rings. The Morgan fingerprint density at radius 2 is 0.900 bits per heavy atom. The first-order valence-corrected chi connectivity index (χ1v) is 14.0. The molecular formula is C37H31ClO2. The number of ether oxygens (including phenoxy) is 2. The number of hydrogen-bond donors (Lipinski definition) is 0. The Morgan fingerprint density at radius 1 is 0.500 bits per heavy atom. The fourth-order valence-electron chi connectivity index (χ4n) is 5.66. The van der Waals surface area contributed by atoms with Gasteiger partial charge >= 0.3 is 0 Å². The summed E-state index contributed by atoms with van der Waals surface area (Å²) >= 11 is 7.69. The van der Waals surface area contributed by atoms with Gasteiger partial charge in [0.1, 0.15) is 11.5 Å². The zero-order chi connectivity index (χ0) is 27.5. The summed E-state index contributed by atoms with van der Waals surface area (Å²) in [5, 5.41) is 4.43. The van der Waals surface area contributed by atoms with Gasteiger partial charge in [0, 0.05) is 0 Å². The molecule has 6 rings (SSSR count). The molecule has 0 radical (unpaired) electrons. The summed E-state index contributed by atoms with van der Waals surface area (Å²) < 4.78 is 10.8. The third-order valence-corrected chi connectivity index (χ3v) is 8.17. The molecule has 0 aromatic heterocycles. The predicted molar refractivity (Wildman–Crippen MR) is 167 cm³/mol. The van der Waals surface area contributed by atoms with Crippen LogP contribution in [0.3, 0.4) is 0 Å². The Labute approximate surface area is 240 Å². The van der Waals surface area contributed by atoms with Crippen LogP contribution in [0.25, 0.3) is 21.5 Å². The van der Waals surface area contributed by atoms with Crippen molar-refractivity contribution in [2.75, 3.05) is 14.2 Å². The van der Waals surface area contributed by atoms with Gasteiger partial charge in [-0.1, -0.05) is 97.1 Å². The number of rotatable bonds is 8. The molecule has 0 heterocycles. The van der Waals surface area contributed by atoms with Gasteiger partial charge in [-0.2, -0.15) is 0 Å². The van der Waals surface area contributed by atoms with E-state index in [2.05, 4.69) is 97.1 Å². The van der Waals surface area contributed by atoms with Crippen LogP contribution in [0.1, 0.15) is 38.8 Å². The minimum Gasteiger partial charge on any atom is -0.497 e. The molecule has 0 fully saturated rings. The highest BCUT2D eigenvalue weighted by Crippen LogP contribution is 2.42. The summed E-state index contributed by atoms with van der Waals surface area (Å²) in [4.78, 5) is 0. The molecule has 0 aliphatic carbocycles. The van der Waals surface area contributed by atoms with E-state index in [1.165, 1.54) is 54.9 Å². The maximum absolute atomic E-state index is 7.69. The molecule has 6 aromatic carbocycles. The average Bonchev–Trinajstić information content (AvgIpc) is 3.01. The van der Waals surface area contributed by atoms with Crippen LogP contribution < -0.4 is 9.47 Å². The number of halogens is 1. The second-order valence-electron chi connectivity index (χ2n) is 10.1. The van der Waals surface area contributed by atoms with E-state index in [0.29, 0.717) is 0 Å². The van der Waals surface area contributed by atoms with Crippen molar-refractivity contribution in [3.05, 3.63) is 155 Å². The van der Waals surface area contributed by atoms with Crippen LogP contribution in [-0.2, 0) is 12.8 Å². The Balaban J connectivity index is 1.51. The van der Waals surface area contributed by atoms with Gasteiger partial charge in [-0.15, -0.1) is 11.6 Å². The SMILES string of the molecule is COc1ccc(Cc2ccc3ccccc3c2C(Cl)c2c(Cc3ccc(OC)cc3)ccc3ccccc23)cc1. The summed E-state index contributed by atoms with van der Waals surface area (Å²) in [7, 11) is 3.39. The quantitative estimate of drug-likeness (QED) is 0.178. The lowest BCUT2D eigenvalue weighted by atomic mass is 9.85. The number of fused-ring (bicyclic) bond motifs is 2. The number of hydrogen-bond acceptors (Lipinski definition) is 2. The fourth-order valence-corrected chi connectivity index (χ4v) is 6.17. The third-order valence-electron chi connectivity index (χ3n) is 7.74. The van der Waals surface area contributed by atoms with Crippen LogP contribution in [0, 0.1) is 0 Å². The minimum atomic E-state index is -0.335. The molecule has 0 N–H and O–H groups in total. The molecule has 3 heteroatoms. The number of methoxy groups -OCH3 is 2. The highest BCUT2D eigenvalue weighted by atomic mass is 35.5. The van der Waals surface area contributed by atoms with Crippen molar-refractivity contribution < 1.29 is 9.47 Å². The van der Waals surface area contributed by atoms with E-state index in [4.69, 9.17) is 21.1 Å². The largest absolute Gasteiger partial charge is 0.497 e. The topological polar surface area (TPSA) is 18.5 Å². The van der Waals surface area contributed by atoms with E-state index >= 15 is 0 Å². The van der Waals surface area contributed by atoms with Crippen molar-refractivity contribution in [1.29, 1.82) is 0 Å². The van der Waals surface area contributed by atoms with Gasteiger partial charge in [0.15, 0.2) is 0 Å². The third kappa shape index (κ3) is 5.15. The van der Waals surface area contributed by atoms with E-state index in [1.54, 1.807) is 14.2 Å². The summed E-state index contributed by atoms with van der Waals surface area (Å²) in [6.45, 7) is 0. The molecule has 40 heavy (non-hydrogen) atoms. The molecule has 0 spiro atoms. The van der Waals surface area contributed by atoms with Gasteiger partial charge < -0.3 is 9.47 Å². The smallest absolute Gasteiger partial charge is 0.118 e. The van der Waals surface area contributed by atoms with Crippen molar-refractivity contribution in [2.24, 2.45) is 0 Å². The summed E-state index contributed by atoms with van der Waals surface area (Å²) in [6.07, 6.45) is 1.57. The highest BCUT2D eigenvalue weighted by Gasteiger charge is 2.23. The maximum Gasteiger partial charge on any atom is 0.118 e. The molecule has 0 atom stereocenters. The molecular weight excluding hydrogens is 512 g/mol. The van der Waals surface area contributed by atoms with Gasteiger partial charge in [0.2, 0.25) is 0 Å². The first-order chi connectivity index (χ1) is 19.6. The first-order valence-electron chi connectivity index (χ1n) is 13.6. The molecule has 0 amide bonds. The molecule has 0 bridgehead atoms. The Morgan fingerprint density at radius 3 is 1.30 bits per heavy atom. The minimum absolute atomic E-state index is 0.335. The predicted octanol–water partition coefficient (Wildman–Crippen LogP) is 9.52. The van der Waals surface area contributed by atoms with Gasteiger partial charge in [-0.25, -0.2) is 0 Å². The van der Waals surface area contributed by atoms with Crippen LogP contribution >= 0.6 is 11.6 Å². The van der Waals surface area contributed by atoms with Crippen LogP contribution in [0.2, 0.25) is 0 Å². The fraction of sp³-hybridized carbons (Fsp3) is 0.135. The zero-order valence-electron chi connectivity index (χ0n) is 22.7. The monoisotopic (exact) mass is 542 g/mol. The van der Waals surface area contributed by atoms with Crippen molar-refractivity contribution in [1.82, 2.24) is 0 Å². The maximum atomic E-state index is 7.69. The second-order valence-corrected chi connectivity index (χ2v) is 10.6. The lowest BCUT2D eigenvalue weighted by molar-refractivity contribution is 0.414. The van der Waals surface area contributed by atoms with Crippen molar-refractivity contribution in [3.8, 4) is 11.5 Å². The van der Waals surface area contributed by atoms with E-state index in [1.807, 2.05) is 24.3 Å². The van der Waals surface area contributed by atoms with Gasteiger partial charge in [0.25, 0.3) is 0 Å². The summed E-state index contributed by atoms with van der Waals surface area (Å²) in [5.74, 6) is 1.72. The van der Waals surface area contributed by atoms with Gasteiger partial charge in [0.05, 0.1) is 19.6 Å². The van der Waals surface area contributed by atoms with Gasteiger partial charge in [-0.3, -0.25) is 0 Å². The molecule has 198 valence electrons. The molecule has 0 unspecified atom stereocenters. The van der Waals surface area contributed by atoms with Crippen LogP contribution in [0.5, 0.6) is 11.5 Å². The normalized spacial score (nSPS) is 11.3. The molecule has 0 aliphatic heterocycles. The average molecular weight is 543 g/mol.